The van der Waals surface area contributed by atoms with Crippen LogP contribution in [-0.4, -0.2) is 5.78 Å². The Morgan fingerprint density at radius 3 is 2.62 bits per heavy atom. The third-order valence-corrected chi connectivity index (χ3v) is 6.03. The summed E-state index contributed by atoms with van der Waals surface area (Å²) in [7, 11) is 0. The van der Waals surface area contributed by atoms with Gasteiger partial charge in [-0.3, -0.25) is 4.79 Å². The van der Waals surface area contributed by atoms with E-state index in [1.165, 1.54) is 24.0 Å². The fourth-order valence-electron chi connectivity index (χ4n) is 4.82. The number of carbonyl (C=O) groups is 1. The summed E-state index contributed by atoms with van der Waals surface area (Å²) in [4.78, 5) is 12.4. The van der Waals surface area contributed by atoms with E-state index < -0.39 is 0 Å². The van der Waals surface area contributed by atoms with Crippen molar-refractivity contribution >= 4 is 5.78 Å². The lowest BCUT2D eigenvalue weighted by Gasteiger charge is -2.41. The lowest BCUT2D eigenvalue weighted by Crippen LogP contribution is -2.37. The number of allylic oxidation sites excluding steroid dienone is 2. The summed E-state index contributed by atoms with van der Waals surface area (Å²) in [5, 5.41) is 0. The minimum Gasteiger partial charge on any atom is -0.294 e. The first kappa shape index (κ1) is 13.3. The van der Waals surface area contributed by atoms with Crippen LogP contribution in [0.5, 0.6) is 0 Å². The van der Waals surface area contributed by atoms with Crippen LogP contribution in [0, 0.1) is 11.8 Å². The summed E-state index contributed by atoms with van der Waals surface area (Å²) in [5.74, 6) is 1.75. The molecule has 21 heavy (non-hydrogen) atoms. The number of hydrogen-bond acceptors (Lipinski definition) is 1. The van der Waals surface area contributed by atoms with Crippen LogP contribution in [0.2, 0.25) is 0 Å². The fraction of sp³-hybridized carbons (Fsp3) is 0.550. The van der Waals surface area contributed by atoms with Crippen molar-refractivity contribution in [3.63, 3.8) is 0 Å². The Hall–Kier alpha value is -1.37. The second-order valence-electron chi connectivity index (χ2n) is 8.28. The zero-order chi connectivity index (χ0) is 14.8. The van der Waals surface area contributed by atoms with Crippen molar-refractivity contribution < 1.29 is 4.79 Å². The van der Waals surface area contributed by atoms with Gasteiger partial charge >= 0.3 is 0 Å². The van der Waals surface area contributed by atoms with E-state index in [1.807, 2.05) is 0 Å². The van der Waals surface area contributed by atoms with Crippen LogP contribution >= 0.6 is 0 Å². The fourth-order valence-corrected chi connectivity index (χ4v) is 4.82. The van der Waals surface area contributed by atoms with Crippen molar-refractivity contribution in [1.29, 1.82) is 0 Å². The normalized spacial score (nSPS) is 33.8. The van der Waals surface area contributed by atoms with Crippen LogP contribution in [0.4, 0.5) is 0 Å². The molecule has 0 N–H and O–H groups in total. The van der Waals surface area contributed by atoms with Crippen LogP contribution in [0.15, 0.2) is 30.4 Å². The molecule has 110 valence electrons. The Balaban J connectivity index is 1.90. The van der Waals surface area contributed by atoms with E-state index in [4.69, 9.17) is 0 Å². The highest BCUT2D eigenvalue weighted by atomic mass is 16.1. The van der Waals surface area contributed by atoms with Gasteiger partial charge in [-0.2, -0.15) is 0 Å². The Kier molecular flexibility index (Phi) is 2.59. The molecule has 1 fully saturated rings. The highest BCUT2D eigenvalue weighted by molar-refractivity contribution is 5.99. The molecule has 3 aliphatic carbocycles. The molecule has 0 radical (unpaired) electrons. The predicted molar refractivity (Wildman–Crippen MR) is 85.7 cm³/mol. The van der Waals surface area contributed by atoms with Gasteiger partial charge in [-0.15, -0.1) is 0 Å². The van der Waals surface area contributed by atoms with Gasteiger partial charge in [-0.25, -0.2) is 0 Å². The summed E-state index contributed by atoms with van der Waals surface area (Å²) in [6, 6.07) is 6.63. The molecule has 1 spiro atoms. The smallest absolute Gasteiger partial charge is 0.163 e. The summed E-state index contributed by atoms with van der Waals surface area (Å²) in [5.41, 5.74) is 4.13. The molecule has 0 aromatic heterocycles. The third kappa shape index (κ3) is 1.79. The first-order chi connectivity index (χ1) is 9.90. The molecule has 1 saturated carbocycles. The van der Waals surface area contributed by atoms with Gasteiger partial charge in [-0.05, 0) is 47.6 Å². The number of benzene rings is 1. The predicted octanol–water partition coefficient (Wildman–Crippen LogP) is 4.79. The molecular formula is C20H24O. The molecule has 1 aromatic rings. The highest BCUT2D eigenvalue weighted by Crippen LogP contribution is 2.58. The van der Waals surface area contributed by atoms with Crippen molar-refractivity contribution in [2.24, 2.45) is 11.8 Å². The topological polar surface area (TPSA) is 17.1 Å². The molecule has 0 saturated heterocycles. The largest absolute Gasteiger partial charge is 0.294 e. The molecule has 3 unspecified atom stereocenters. The lowest BCUT2D eigenvalue weighted by atomic mass is 9.62. The second-order valence-corrected chi connectivity index (χ2v) is 8.28. The van der Waals surface area contributed by atoms with Gasteiger partial charge in [0.15, 0.2) is 5.78 Å². The molecule has 1 nitrogen and oxygen atoms in total. The molecule has 0 amide bonds. The van der Waals surface area contributed by atoms with E-state index in [2.05, 4.69) is 51.1 Å². The molecule has 4 rings (SSSR count). The van der Waals surface area contributed by atoms with Crippen molar-refractivity contribution in [1.82, 2.24) is 0 Å². The maximum Gasteiger partial charge on any atom is 0.163 e. The molecule has 3 aliphatic rings. The monoisotopic (exact) mass is 280 g/mol. The van der Waals surface area contributed by atoms with Gasteiger partial charge in [0, 0.05) is 17.4 Å². The van der Waals surface area contributed by atoms with Gasteiger partial charge in [0.2, 0.25) is 0 Å². The number of rotatable bonds is 0. The maximum atomic E-state index is 12.4. The molecular weight excluding hydrogens is 256 g/mol. The summed E-state index contributed by atoms with van der Waals surface area (Å²) in [6.07, 6.45) is 9.17. The van der Waals surface area contributed by atoms with Crippen molar-refractivity contribution in [3.05, 3.63) is 47.0 Å². The van der Waals surface area contributed by atoms with E-state index in [0.717, 1.165) is 24.3 Å². The van der Waals surface area contributed by atoms with Crippen LogP contribution in [0.1, 0.15) is 67.9 Å². The third-order valence-electron chi connectivity index (χ3n) is 6.03. The maximum absolute atomic E-state index is 12.4. The number of carbonyl (C=O) groups excluding carboxylic acids is 1. The first-order valence-electron chi connectivity index (χ1n) is 8.27. The first-order valence-corrected chi connectivity index (χ1v) is 8.27. The summed E-state index contributed by atoms with van der Waals surface area (Å²) >= 11 is 0. The van der Waals surface area contributed by atoms with Gasteiger partial charge in [0.1, 0.15) is 0 Å². The van der Waals surface area contributed by atoms with Crippen LogP contribution < -0.4 is 0 Å². The number of Topliss-reactive ketones (excluding diaryl/α,β-unsaturated/α-hetero) is 1. The van der Waals surface area contributed by atoms with Gasteiger partial charge in [0.25, 0.3) is 0 Å². The molecule has 3 atom stereocenters. The Morgan fingerprint density at radius 1 is 1.19 bits per heavy atom. The number of hydrogen-bond donors (Lipinski definition) is 0. The highest BCUT2D eigenvalue weighted by Gasteiger charge is 2.52. The standard InChI is InChI=1S/C20H24O/c1-19(2,3)14-6-7-16-17(11-14)20(9-8-18(16)21)12-13-4-5-15(20)10-13/h4-7,11,13,15H,8-10,12H2,1-3H3. The lowest BCUT2D eigenvalue weighted by molar-refractivity contribution is 0.0943. The molecule has 0 aliphatic heterocycles. The van der Waals surface area contributed by atoms with Crippen LogP contribution in [0.3, 0.4) is 0 Å². The van der Waals surface area contributed by atoms with E-state index in [-0.39, 0.29) is 10.8 Å². The van der Waals surface area contributed by atoms with E-state index in [0.29, 0.717) is 11.7 Å². The van der Waals surface area contributed by atoms with Crippen molar-refractivity contribution in [3.8, 4) is 0 Å². The average molecular weight is 280 g/mol. The molecule has 0 heterocycles. The molecule has 1 aromatic carbocycles. The van der Waals surface area contributed by atoms with Gasteiger partial charge < -0.3 is 0 Å². The van der Waals surface area contributed by atoms with Crippen molar-refractivity contribution in [2.75, 3.05) is 0 Å². The van der Waals surface area contributed by atoms with Gasteiger partial charge in [-0.1, -0.05) is 51.1 Å². The number of fused-ring (bicyclic) bond motifs is 5. The Labute approximate surface area is 127 Å². The zero-order valence-electron chi connectivity index (χ0n) is 13.3. The Bertz CT molecular complexity index is 646. The second kappa shape index (κ2) is 4.09. The summed E-state index contributed by atoms with van der Waals surface area (Å²) < 4.78 is 0. The van der Waals surface area contributed by atoms with Gasteiger partial charge in [0.05, 0.1) is 0 Å². The number of ketones is 1. The molecule has 1 heteroatoms. The van der Waals surface area contributed by atoms with E-state index in [1.54, 1.807) is 0 Å². The van der Waals surface area contributed by atoms with E-state index >= 15 is 0 Å². The minimum absolute atomic E-state index is 0.143. The Morgan fingerprint density at radius 2 is 2.00 bits per heavy atom. The molecule has 2 bridgehead atoms. The quantitative estimate of drug-likeness (QED) is 0.624. The SMILES string of the molecule is CC(C)(C)c1ccc2c(c1)C1(CCC2=O)CC2C=CC1C2. The average Bonchev–Trinajstić information content (AvgIpc) is 3.03. The van der Waals surface area contributed by atoms with Crippen LogP contribution in [-0.2, 0) is 10.8 Å². The minimum atomic E-state index is 0.143. The zero-order valence-corrected chi connectivity index (χ0v) is 13.3. The summed E-state index contributed by atoms with van der Waals surface area (Å²) in [6.45, 7) is 6.77. The van der Waals surface area contributed by atoms with Crippen molar-refractivity contribution in [2.45, 2.75) is 57.3 Å². The van der Waals surface area contributed by atoms with Crippen LogP contribution in [0.25, 0.3) is 0 Å². The van der Waals surface area contributed by atoms with E-state index in [9.17, 15) is 4.79 Å².